The first-order chi connectivity index (χ1) is 10.7. The van der Waals surface area contributed by atoms with Gasteiger partial charge in [-0.1, -0.05) is 30.3 Å². The average Bonchev–Trinajstić information content (AvgIpc) is 2.76. The molecule has 1 saturated heterocycles. The van der Waals surface area contributed by atoms with Crippen LogP contribution in [0.3, 0.4) is 0 Å². The van der Waals surface area contributed by atoms with Crippen LogP contribution in [0.4, 0.5) is 0 Å². The molecule has 0 saturated carbocycles. The van der Waals surface area contributed by atoms with Crippen molar-refractivity contribution < 1.29 is 4.79 Å². The Kier molecular flexibility index (Phi) is 4.52. The SMILES string of the molecule is Cc1n[nH]c(C)c1C(=O)N1CCSC(c2ccccc2)CC1. The van der Waals surface area contributed by atoms with Crippen molar-refractivity contribution in [1.29, 1.82) is 0 Å². The first-order valence-corrected chi connectivity index (χ1v) is 8.69. The number of aromatic nitrogens is 2. The topological polar surface area (TPSA) is 49.0 Å². The van der Waals surface area contributed by atoms with Gasteiger partial charge in [0, 0.05) is 29.8 Å². The summed E-state index contributed by atoms with van der Waals surface area (Å²) in [5.74, 6) is 1.08. The van der Waals surface area contributed by atoms with Gasteiger partial charge in [0.05, 0.1) is 11.3 Å². The van der Waals surface area contributed by atoms with E-state index in [1.807, 2.05) is 36.6 Å². The zero-order valence-corrected chi connectivity index (χ0v) is 13.8. The third-order valence-electron chi connectivity index (χ3n) is 4.14. The summed E-state index contributed by atoms with van der Waals surface area (Å²) in [6.07, 6.45) is 0.996. The smallest absolute Gasteiger partial charge is 0.257 e. The number of carbonyl (C=O) groups is 1. The zero-order valence-electron chi connectivity index (χ0n) is 13.0. The second kappa shape index (κ2) is 6.57. The van der Waals surface area contributed by atoms with Crippen LogP contribution in [-0.2, 0) is 0 Å². The Bertz CT molecular complexity index is 634. The lowest BCUT2D eigenvalue weighted by Crippen LogP contribution is -2.33. The highest BCUT2D eigenvalue weighted by Gasteiger charge is 2.25. The Morgan fingerprint density at radius 2 is 2.05 bits per heavy atom. The molecule has 1 aromatic carbocycles. The Morgan fingerprint density at radius 1 is 1.27 bits per heavy atom. The molecule has 0 bridgehead atoms. The zero-order chi connectivity index (χ0) is 15.5. The van der Waals surface area contributed by atoms with E-state index in [-0.39, 0.29) is 5.91 Å². The van der Waals surface area contributed by atoms with Crippen molar-refractivity contribution in [2.24, 2.45) is 0 Å². The van der Waals surface area contributed by atoms with Crippen LogP contribution in [0.25, 0.3) is 0 Å². The van der Waals surface area contributed by atoms with E-state index < -0.39 is 0 Å². The molecule has 3 rings (SSSR count). The minimum Gasteiger partial charge on any atom is -0.338 e. The Hall–Kier alpha value is -1.75. The molecule has 0 spiro atoms. The highest BCUT2D eigenvalue weighted by Crippen LogP contribution is 2.34. The molecule has 1 aliphatic heterocycles. The predicted molar refractivity (Wildman–Crippen MR) is 90.2 cm³/mol. The van der Waals surface area contributed by atoms with Crippen LogP contribution >= 0.6 is 11.8 Å². The van der Waals surface area contributed by atoms with Gasteiger partial charge in [0.25, 0.3) is 5.91 Å². The molecule has 0 radical (unpaired) electrons. The summed E-state index contributed by atoms with van der Waals surface area (Å²) >= 11 is 1.95. The van der Waals surface area contributed by atoms with Crippen molar-refractivity contribution >= 4 is 17.7 Å². The van der Waals surface area contributed by atoms with Crippen molar-refractivity contribution in [1.82, 2.24) is 15.1 Å². The maximum Gasteiger partial charge on any atom is 0.257 e. The van der Waals surface area contributed by atoms with Gasteiger partial charge in [-0.15, -0.1) is 0 Å². The molecule has 22 heavy (non-hydrogen) atoms. The molecular weight excluding hydrogens is 294 g/mol. The van der Waals surface area contributed by atoms with Gasteiger partial charge in [0.15, 0.2) is 0 Å². The molecule has 1 unspecified atom stereocenters. The molecule has 1 aromatic heterocycles. The van der Waals surface area contributed by atoms with Crippen LogP contribution in [-0.4, -0.2) is 39.8 Å². The summed E-state index contributed by atoms with van der Waals surface area (Å²) in [5, 5.41) is 7.52. The number of amides is 1. The molecular formula is C17H21N3OS. The van der Waals surface area contributed by atoms with Crippen molar-refractivity contribution in [2.45, 2.75) is 25.5 Å². The van der Waals surface area contributed by atoms with E-state index >= 15 is 0 Å². The molecule has 1 N–H and O–H groups in total. The lowest BCUT2D eigenvalue weighted by Gasteiger charge is -2.20. The number of aromatic amines is 1. The molecule has 116 valence electrons. The summed E-state index contributed by atoms with van der Waals surface area (Å²) in [6, 6.07) is 10.6. The standard InChI is InChI=1S/C17H21N3OS/c1-12-16(13(2)19-18-12)17(21)20-9-8-15(22-11-10-20)14-6-4-3-5-7-14/h3-7,15H,8-11H2,1-2H3,(H,18,19). The van der Waals surface area contributed by atoms with E-state index in [9.17, 15) is 4.79 Å². The monoisotopic (exact) mass is 315 g/mol. The van der Waals surface area contributed by atoms with Crippen LogP contribution < -0.4 is 0 Å². The van der Waals surface area contributed by atoms with Gasteiger partial charge in [-0.25, -0.2) is 0 Å². The Morgan fingerprint density at radius 3 is 2.73 bits per heavy atom. The van der Waals surface area contributed by atoms with Gasteiger partial charge in [-0.3, -0.25) is 9.89 Å². The third-order valence-corrected chi connectivity index (χ3v) is 5.47. The van der Waals surface area contributed by atoms with Crippen molar-refractivity contribution in [3.63, 3.8) is 0 Å². The van der Waals surface area contributed by atoms with Crippen molar-refractivity contribution in [3.8, 4) is 0 Å². The molecule has 1 aliphatic rings. The first kappa shape index (κ1) is 15.2. The molecule has 4 nitrogen and oxygen atoms in total. The Balaban J connectivity index is 1.72. The molecule has 0 aliphatic carbocycles. The van der Waals surface area contributed by atoms with Gasteiger partial charge in [-0.05, 0) is 25.8 Å². The van der Waals surface area contributed by atoms with Gasteiger partial charge in [0.1, 0.15) is 0 Å². The normalized spacial score (nSPS) is 19.0. The van der Waals surface area contributed by atoms with E-state index in [2.05, 4.69) is 34.5 Å². The fraction of sp³-hybridized carbons (Fsp3) is 0.412. The fourth-order valence-corrected chi connectivity index (χ4v) is 4.16. The van der Waals surface area contributed by atoms with E-state index in [1.54, 1.807) is 0 Å². The molecule has 1 amide bonds. The number of hydrogen-bond acceptors (Lipinski definition) is 3. The van der Waals surface area contributed by atoms with E-state index in [0.29, 0.717) is 5.25 Å². The Labute approximate surface area is 135 Å². The van der Waals surface area contributed by atoms with Gasteiger partial charge >= 0.3 is 0 Å². The fourth-order valence-electron chi connectivity index (χ4n) is 2.93. The van der Waals surface area contributed by atoms with Crippen LogP contribution in [0.1, 0.15) is 39.0 Å². The molecule has 2 heterocycles. The molecule has 2 aromatic rings. The molecule has 1 atom stereocenters. The second-order valence-corrected chi connectivity index (χ2v) is 6.97. The number of nitrogens with zero attached hydrogens (tertiary/aromatic N) is 2. The number of thioether (sulfide) groups is 1. The minimum atomic E-state index is 0.109. The van der Waals surface area contributed by atoms with Crippen LogP contribution in [0.15, 0.2) is 30.3 Å². The summed E-state index contributed by atoms with van der Waals surface area (Å²) in [5.41, 5.74) is 3.75. The highest BCUT2D eigenvalue weighted by atomic mass is 32.2. The van der Waals surface area contributed by atoms with Gasteiger partial charge in [0.2, 0.25) is 0 Å². The second-order valence-electron chi connectivity index (χ2n) is 5.66. The lowest BCUT2D eigenvalue weighted by atomic mass is 10.1. The molecule has 5 heteroatoms. The lowest BCUT2D eigenvalue weighted by molar-refractivity contribution is 0.0765. The third kappa shape index (κ3) is 3.04. The number of nitrogens with one attached hydrogen (secondary N) is 1. The maximum atomic E-state index is 12.8. The minimum absolute atomic E-state index is 0.109. The first-order valence-electron chi connectivity index (χ1n) is 7.64. The number of H-pyrrole nitrogens is 1. The van der Waals surface area contributed by atoms with Gasteiger partial charge in [-0.2, -0.15) is 16.9 Å². The van der Waals surface area contributed by atoms with Crippen molar-refractivity contribution in [2.75, 3.05) is 18.8 Å². The highest BCUT2D eigenvalue weighted by molar-refractivity contribution is 7.99. The predicted octanol–water partition coefficient (Wildman–Crippen LogP) is 3.35. The average molecular weight is 315 g/mol. The van der Waals surface area contributed by atoms with Crippen LogP contribution in [0, 0.1) is 13.8 Å². The number of hydrogen-bond donors (Lipinski definition) is 1. The summed E-state index contributed by atoms with van der Waals surface area (Å²) < 4.78 is 0. The van der Waals surface area contributed by atoms with E-state index in [4.69, 9.17) is 0 Å². The van der Waals surface area contributed by atoms with Crippen molar-refractivity contribution in [3.05, 3.63) is 52.8 Å². The maximum absolute atomic E-state index is 12.8. The van der Waals surface area contributed by atoms with Crippen LogP contribution in [0.2, 0.25) is 0 Å². The summed E-state index contributed by atoms with van der Waals surface area (Å²) in [4.78, 5) is 14.7. The number of rotatable bonds is 2. The summed E-state index contributed by atoms with van der Waals surface area (Å²) in [7, 11) is 0. The molecule has 1 fully saturated rings. The van der Waals surface area contributed by atoms with Crippen LogP contribution in [0.5, 0.6) is 0 Å². The van der Waals surface area contributed by atoms with Gasteiger partial charge < -0.3 is 4.90 Å². The summed E-state index contributed by atoms with van der Waals surface area (Å²) in [6.45, 7) is 5.40. The van der Waals surface area contributed by atoms with E-state index in [1.165, 1.54) is 5.56 Å². The number of aryl methyl sites for hydroxylation is 2. The quantitative estimate of drug-likeness (QED) is 0.924. The largest absolute Gasteiger partial charge is 0.338 e. The number of benzene rings is 1. The van der Waals surface area contributed by atoms with E-state index in [0.717, 1.165) is 42.2 Å². The number of carbonyl (C=O) groups excluding carboxylic acids is 1.